The Morgan fingerprint density at radius 3 is 2.56 bits per heavy atom. The minimum atomic E-state index is -0.468. The highest BCUT2D eigenvalue weighted by Gasteiger charge is 2.27. The van der Waals surface area contributed by atoms with E-state index in [9.17, 15) is 14.4 Å². The number of hydrogen-bond acceptors (Lipinski definition) is 7. The van der Waals surface area contributed by atoms with E-state index in [1.165, 1.54) is 18.9 Å². The van der Waals surface area contributed by atoms with E-state index < -0.39 is 6.04 Å². The fourth-order valence-corrected chi connectivity index (χ4v) is 4.31. The molecule has 11 heteroatoms. The Morgan fingerprint density at radius 1 is 1.10 bits per heavy atom. The predicted molar refractivity (Wildman–Crippen MR) is 144 cm³/mol. The Morgan fingerprint density at radius 2 is 1.87 bits per heavy atom. The number of nitrogens with one attached hydrogen (secondary N) is 2. The minimum Gasteiger partial charge on any atom is -0.493 e. The summed E-state index contributed by atoms with van der Waals surface area (Å²) in [5, 5.41) is 10.6. The molecular formula is C28H34N6O5. The first kappa shape index (κ1) is 27.6. The summed E-state index contributed by atoms with van der Waals surface area (Å²) >= 11 is 0. The molecule has 1 aliphatic rings. The zero-order chi connectivity index (χ0) is 27.9. The lowest BCUT2D eigenvalue weighted by atomic mass is 10.0. The van der Waals surface area contributed by atoms with Crippen LogP contribution < -0.4 is 20.1 Å². The van der Waals surface area contributed by atoms with E-state index in [2.05, 4.69) is 10.6 Å². The van der Waals surface area contributed by atoms with Crippen LogP contribution in [0.5, 0.6) is 11.5 Å². The highest BCUT2D eigenvalue weighted by molar-refractivity contribution is 5.95. The van der Waals surface area contributed by atoms with E-state index >= 15 is 0 Å². The molecule has 3 amide bonds. The van der Waals surface area contributed by atoms with Crippen molar-refractivity contribution in [3.8, 4) is 22.9 Å². The number of nitrogens with zero attached hydrogens (tertiary/aromatic N) is 4. The van der Waals surface area contributed by atoms with Gasteiger partial charge in [-0.1, -0.05) is 44.2 Å². The van der Waals surface area contributed by atoms with Gasteiger partial charge in [0.05, 0.1) is 26.2 Å². The Hall–Kier alpha value is -4.41. The topological polar surface area (TPSA) is 128 Å². The molecule has 4 rings (SSSR count). The predicted octanol–water partition coefficient (Wildman–Crippen LogP) is 2.44. The molecule has 0 radical (unpaired) electrons. The van der Waals surface area contributed by atoms with Crippen LogP contribution in [0.3, 0.4) is 0 Å². The molecule has 0 unspecified atom stereocenters. The molecule has 0 saturated heterocycles. The van der Waals surface area contributed by atoms with Crippen LogP contribution in [0.1, 0.15) is 43.0 Å². The summed E-state index contributed by atoms with van der Waals surface area (Å²) in [5.41, 5.74) is 1.23. The van der Waals surface area contributed by atoms with E-state index in [1.54, 1.807) is 22.9 Å². The molecule has 1 aromatic heterocycles. The van der Waals surface area contributed by atoms with Crippen LogP contribution in [0.25, 0.3) is 11.4 Å². The molecule has 1 aliphatic heterocycles. The van der Waals surface area contributed by atoms with Crippen LogP contribution in [-0.2, 0) is 16.1 Å². The molecule has 0 fully saturated rings. The monoisotopic (exact) mass is 534 g/mol. The second-order valence-corrected chi connectivity index (χ2v) is 9.58. The Kier molecular flexibility index (Phi) is 8.80. The normalized spacial score (nSPS) is 16.9. The van der Waals surface area contributed by atoms with Crippen molar-refractivity contribution in [2.24, 2.45) is 5.92 Å². The van der Waals surface area contributed by atoms with Gasteiger partial charge in [-0.3, -0.25) is 14.4 Å². The summed E-state index contributed by atoms with van der Waals surface area (Å²) in [6, 6.07) is 14.1. The summed E-state index contributed by atoms with van der Waals surface area (Å²) in [5.74, 6) is 1.06. The number of hydrogen-bond donors (Lipinski definition) is 2. The molecular weight excluding hydrogens is 500 g/mol. The molecule has 2 bridgehead atoms. The maximum absolute atomic E-state index is 13.1. The first-order valence-corrected chi connectivity index (χ1v) is 12.9. The van der Waals surface area contributed by atoms with Crippen LogP contribution in [0.15, 0.2) is 48.5 Å². The summed E-state index contributed by atoms with van der Waals surface area (Å²) in [6.07, 6.45) is 0. The molecule has 0 saturated carbocycles. The maximum Gasteiger partial charge on any atom is 0.251 e. The SMILES string of the molecule is COc1ccc2cc1OCCn1nc(-c3ccccc3)nc1[C@@H](C(C)C)NC(=O)CN(C(C)=O)CCNC2=O. The molecule has 11 nitrogen and oxygen atoms in total. The van der Waals surface area contributed by atoms with E-state index in [4.69, 9.17) is 19.6 Å². The second kappa shape index (κ2) is 12.4. The zero-order valence-corrected chi connectivity index (χ0v) is 22.6. The van der Waals surface area contributed by atoms with Crippen molar-refractivity contribution in [1.82, 2.24) is 30.3 Å². The molecule has 39 heavy (non-hydrogen) atoms. The Labute approximate surface area is 227 Å². The maximum atomic E-state index is 13.1. The summed E-state index contributed by atoms with van der Waals surface area (Å²) in [4.78, 5) is 44.4. The van der Waals surface area contributed by atoms with E-state index in [-0.39, 0.29) is 49.9 Å². The van der Waals surface area contributed by atoms with E-state index in [0.717, 1.165) is 5.56 Å². The molecule has 0 aliphatic carbocycles. The highest BCUT2D eigenvalue weighted by atomic mass is 16.5. The third kappa shape index (κ3) is 6.73. The average molecular weight is 535 g/mol. The van der Waals surface area contributed by atoms with Gasteiger partial charge in [0.1, 0.15) is 6.61 Å². The lowest BCUT2D eigenvalue weighted by Gasteiger charge is -2.25. The first-order chi connectivity index (χ1) is 18.8. The van der Waals surface area contributed by atoms with Crippen LogP contribution in [-0.4, -0.2) is 70.7 Å². The quantitative estimate of drug-likeness (QED) is 0.528. The number of rotatable bonds is 3. The van der Waals surface area contributed by atoms with Crippen molar-refractivity contribution in [1.29, 1.82) is 0 Å². The molecule has 2 aromatic carbocycles. The highest BCUT2D eigenvalue weighted by Crippen LogP contribution is 2.29. The molecule has 206 valence electrons. The number of carbonyl (C=O) groups is 3. The molecule has 2 heterocycles. The largest absolute Gasteiger partial charge is 0.493 e. The Balaban J connectivity index is 1.73. The molecule has 1 atom stereocenters. The van der Waals surface area contributed by atoms with Crippen molar-refractivity contribution in [2.45, 2.75) is 33.4 Å². The molecule has 0 spiro atoms. The summed E-state index contributed by atoms with van der Waals surface area (Å²) in [6.45, 7) is 6.11. The van der Waals surface area contributed by atoms with Crippen LogP contribution in [0, 0.1) is 5.92 Å². The molecule has 3 aromatic rings. The summed E-state index contributed by atoms with van der Waals surface area (Å²) in [7, 11) is 1.53. The van der Waals surface area contributed by atoms with E-state index in [0.29, 0.717) is 35.3 Å². The van der Waals surface area contributed by atoms with Gasteiger partial charge in [0.25, 0.3) is 5.91 Å². The van der Waals surface area contributed by atoms with Crippen molar-refractivity contribution in [2.75, 3.05) is 33.4 Å². The lowest BCUT2D eigenvalue weighted by Crippen LogP contribution is -2.45. The number of ether oxygens (including phenoxy) is 2. The van der Waals surface area contributed by atoms with Crippen molar-refractivity contribution < 1.29 is 23.9 Å². The number of benzene rings is 2. The zero-order valence-electron chi connectivity index (χ0n) is 22.6. The van der Waals surface area contributed by atoms with Gasteiger partial charge in [0, 0.05) is 31.1 Å². The van der Waals surface area contributed by atoms with Gasteiger partial charge >= 0.3 is 0 Å². The van der Waals surface area contributed by atoms with Gasteiger partial charge in [-0.15, -0.1) is 0 Å². The lowest BCUT2D eigenvalue weighted by molar-refractivity contribution is -0.134. The smallest absolute Gasteiger partial charge is 0.251 e. The number of methoxy groups -OCH3 is 1. The van der Waals surface area contributed by atoms with Gasteiger partial charge in [-0.2, -0.15) is 5.10 Å². The van der Waals surface area contributed by atoms with Gasteiger partial charge in [-0.05, 0) is 24.1 Å². The standard InChI is InChI=1S/C28H34N6O5/c1-18(2)25-27-31-26(20-8-6-5-7-9-20)32-34(27)14-15-39-23-16-21(10-11-22(23)38-4)28(37)29-12-13-33(19(3)35)17-24(36)30-25/h5-11,16,18,25H,12-15,17H2,1-4H3,(H,29,37)(H,30,36)/t25-/m1/s1. The minimum absolute atomic E-state index is 0.0228. The van der Waals surface area contributed by atoms with Crippen molar-refractivity contribution >= 4 is 17.7 Å². The van der Waals surface area contributed by atoms with Gasteiger partial charge in [0.15, 0.2) is 23.1 Å². The fourth-order valence-electron chi connectivity index (χ4n) is 4.31. The van der Waals surface area contributed by atoms with Gasteiger partial charge in [0.2, 0.25) is 11.8 Å². The third-order valence-electron chi connectivity index (χ3n) is 6.43. The number of carbonyl (C=O) groups excluding carboxylic acids is 3. The Bertz CT molecular complexity index is 1320. The van der Waals surface area contributed by atoms with Gasteiger partial charge < -0.3 is 25.0 Å². The van der Waals surface area contributed by atoms with Crippen LogP contribution in [0.2, 0.25) is 0 Å². The van der Waals surface area contributed by atoms with Crippen molar-refractivity contribution in [3.63, 3.8) is 0 Å². The average Bonchev–Trinajstić information content (AvgIpc) is 3.34. The first-order valence-electron chi connectivity index (χ1n) is 12.9. The van der Waals surface area contributed by atoms with Gasteiger partial charge in [-0.25, -0.2) is 9.67 Å². The van der Waals surface area contributed by atoms with Crippen LogP contribution in [0.4, 0.5) is 0 Å². The molecule has 2 N–H and O–H groups in total. The number of amides is 3. The third-order valence-corrected chi connectivity index (χ3v) is 6.43. The number of aromatic nitrogens is 3. The number of fused-ring (bicyclic) bond motifs is 3. The van der Waals surface area contributed by atoms with Crippen molar-refractivity contribution in [3.05, 3.63) is 59.9 Å². The second-order valence-electron chi connectivity index (χ2n) is 9.58. The fraction of sp³-hybridized carbons (Fsp3) is 0.393. The summed E-state index contributed by atoms with van der Waals surface area (Å²) < 4.78 is 13.2. The van der Waals surface area contributed by atoms with E-state index in [1.807, 2.05) is 44.2 Å². The van der Waals surface area contributed by atoms with Crippen LogP contribution >= 0.6 is 0 Å².